The Balaban J connectivity index is 2.08. The Labute approximate surface area is 115 Å². The Kier molecular flexibility index (Phi) is 4.08. The van der Waals surface area contributed by atoms with E-state index in [1.54, 1.807) is 7.05 Å². The van der Waals surface area contributed by atoms with Crippen LogP contribution >= 0.6 is 15.9 Å². The van der Waals surface area contributed by atoms with Crippen LogP contribution in [0.2, 0.25) is 0 Å². The van der Waals surface area contributed by atoms with Gasteiger partial charge in [0, 0.05) is 18.4 Å². The largest absolute Gasteiger partial charge is 0.242 e. The van der Waals surface area contributed by atoms with Crippen molar-refractivity contribution in [1.29, 1.82) is 0 Å². The lowest BCUT2D eigenvalue weighted by Crippen LogP contribution is -2.37. The number of rotatable bonds is 4. The summed E-state index contributed by atoms with van der Waals surface area (Å²) in [4.78, 5) is 0.658. The lowest BCUT2D eigenvalue weighted by Gasteiger charge is -2.34. The highest BCUT2D eigenvalue weighted by atomic mass is 79.9. The highest BCUT2D eigenvalue weighted by Gasteiger charge is 2.31. The van der Waals surface area contributed by atoms with Crippen LogP contribution in [0.15, 0.2) is 29.2 Å². The number of benzene rings is 1. The summed E-state index contributed by atoms with van der Waals surface area (Å²) >= 11 is 3.48. The van der Waals surface area contributed by atoms with Crippen LogP contribution < -0.4 is 0 Å². The van der Waals surface area contributed by atoms with Crippen LogP contribution in [0.1, 0.15) is 12.8 Å². The van der Waals surface area contributed by atoms with E-state index in [4.69, 9.17) is 0 Å². The summed E-state index contributed by atoms with van der Waals surface area (Å²) in [5.41, 5.74) is 0. The summed E-state index contributed by atoms with van der Waals surface area (Å²) < 4.78 is 38.5. The van der Waals surface area contributed by atoms with Crippen molar-refractivity contribution in [3.63, 3.8) is 0 Å². The number of hydrogen-bond acceptors (Lipinski definition) is 2. The van der Waals surface area contributed by atoms with Crippen molar-refractivity contribution >= 4 is 26.0 Å². The van der Waals surface area contributed by atoms with Crippen molar-refractivity contribution in [3.8, 4) is 0 Å². The van der Waals surface area contributed by atoms with E-state index in [0.29, 0.717) is 17.3 Å². The van der Waals surface area contributed by atoms with Gasteiger partial charge in [-0.15, -0.1) is 0 Å². The number of alkyl halides is 1. The highest BCUT2D eigenvalue weighted by Crippen LogP contribution is 2.34. The maximum atomic E-state index is 12.8. The van der Waals surface area contributed by atoms with Crippen molar-refractivity contribution in [2.24, 2.45) is 5.92 Å². The molecule has 6 heteroatoms. The smallest absolute Gasteiger partial charge is 0.207 e. The highest BCUT2D eigenvalue weighted by molar-refractivity contribution is 9.09. The molecule has 0 aromatic heterocycles. The van der Waals surface area contributed by atoms with Gasteiger partial charge in [-0.1, -0.05) is 15.9 Å². The number of nitrogens with zero attached hydrogens (tertiary/aromatic N) is 1. The van der Waals surface area contributed by atoms with E-state index < -0.39 is 15.8 Å². The third-order valence-electron chi connectivity index (χ3n) is 3.22. The summed E-state index contributed by atoms with van der Waals surface area (Å²) in [6, 6.07) is 4.93. The molecule has 0 saturated heterocycles. The third kappa shape index (κ3) is 2.92. The van der Waals surface area contributed by atoms with Crippen molar-refractivity contribution in [3.05, 3.63) is 30.1 Å². The molecule has 100 valence electrons. The van der Waals surface area contributed by atoms with E-state index in [2.05, 4.69) is 15.9 Å². The van der Waals surface area contributed by atoms with Gasteiger partial charge in [0.25, 0.3) is 0 Å². The van der Waals surface area contributed by atoms with Crippen LogP contribution in [0, 0.1) is 11.7 Å². The zero-order valence-electron chi connectivity index (χ0n) is 10.0. The Morgan fingerprint density at radius 1 is 1.33 bits per heavy atom. The molecule has 18 heavy (non-hydrogen) atoms. The molecule has 1 aromatic carbocycles. The number of halogens is 2. The summed E-state index contributed by atoms with van der Waals surface area (Å²) in [5.74, 6) is -0.0210. The molecule has 0 unspecified atom stereocenters. The molecule has 1 aliphatic rings. The second-order valence-electron chi connectivity index (χ2n) is 4.67. The van der Waals surface area contributed by atoms with Crippen molar-refractivity contribution < 1.29 is 12.8 Å². The van der Waals surface area contributed by atoms with Crippen LogP contribution in [-0.4, -0.2) is 31.1 Å². The molecule has 0 bridgehead atoms. The minimum atomic E-state index is -3.49. The molecule has 1 aromatic rings. The molecule has 2 rings (SSSR count). The lowest BCUT2D eigenvalue weighted by molar-refractivity contribution is 0.275. The minimum Gasteiger partial charge on any atom is -0.207 e. The predicted molar refractivity (Wildman–Crippen MR) is 71.7 cm³/mol. The topological polar surface area (TPSA) is 37.4 Å². The van der Waals surface area contributed by atoms with E-state index >= 15 is 0 Å². The molecule has 0 heterocycles. The fourth-order valence-corrected chi connectivity index (χ4v) is 4.36. The first-order valence-corrected chi connectivity index (χ1v) is 8.11. The molecular weight excluding hydrogens is 321 g/mol. The quantitative estimate of drug-likeness (QED) is 0.793. The number of sulfonamides is 1. The zero-order chi connectivity index (χ0) is 13.3. The lowest BCUT2D eigenvalue weighted by atomic mass is 9.85. The van der Waals surface area contributed by atoms with E-state index in [9.17, 15) is 12.8 Å². The minimum absolute atomic E-state index is 0.140. The van der Waals surface area contributed by atoms with Crippen LogP contribution in [0.3, 0.4) is 0 Å². The molecule has 0 atom stereocenters. The van der Waals surface area contributed by atoms with Crippen LogP contribution in [0.4, 0.5) is 4.39 Å². The Hall–Kier alpha value is -0.460. The second kappa shape index (κ2) is 5.27. The first-order valence-electron chi connectivity index (χ1n) is 5.75. The van der Waals surface area contributed by atoms with Gasteiger partial charge in [0.05, 0.1) is 4.90 Å². The molecule has 1 aliphatic carbocycles. The Bertz CT molecular complexity index is 511. The fraction of sp³-hybridized carbons (Fsp3) is 0.500. The van der Waals surface area contributed by atoms with Gasteiger partial charge in [-0.2, -0.15) is 0 Å². The van der Waals surface area contributed by atoms with E-state index in [1.165, 1.54) is 28.6 Å². The van der Waals surface area contributed by atoms with Crippen LogP contribution in [0.25, 0.3) is 0 Å². The monoisotopic (exact) mass is 335 g/mol. The van der Waals surface area contributed by atoms with E-state index in [0.717, 1.165) is 12.8 Å². The average molecular weight is 336 g/mol. The van der Waals surface area contributed by atoms with Crippen molar-refractivity contribution in [2.45, 2.75) is 22.6 Å². The maximum Gasteiger partial charge on any atom is 0.242 e. The molecule has 0 spiro atoms. The van der Waals surface area contributed by atoms with Crippen LogP contribution in [0.5, 0.6) is 0 Å². The Morgan fingerprint density at radius 3 is 2.39 bits per heavy atom. The summed E-state index contributed by atoms with van der Waals surface area (Å²) in [7, 11) is -1.92. The van der Waals surface area contributed by atoms with Gasteiger partial charge in [-0.25, -0.2) is 17.1 Å². The molecule has 1 saturated carbocycles. The normalized spacial score (nSPS) is 24.0. The third-order valence-corrected chi connectivity index (χ3v) is 5.80. The van der Waals surface area contributed by atoms with Gasteiger partial charge in [0.1, 0.15) is 5.82 Å². The molecule has 0 amide bonds. The van der Waals surface area contributed by atoms with Gasteiger partial charge in [-0.3, -0.25) is 0 Å². The van der Waals surface area contributed by atoms with Crippen LogP contribution in [-0.2, 0) is 10.0 Å². The van der Waals surface area contributed by atoms with Crippen molar-refractivity contribution in [1.82, 2.24) is 4.31 Å². The maximum absolute atomic E-state index is 12.8. The first kappa shape index (κ1) is 14.0. The number of hydrogen-bond donors (Lipinski definition) is 0. The average Bonchev–Trinajstić information content (AvgIpc) is 2.27. The molecular formula is C12H15BrFNO2S. The molecule has 0 radical (unpaired) electrons. The molecule has 3 nitrogen and oxygen atoms in total. The zero-order valence-corrected chi connectivity index (χ0v) is 12.4. The fourth-order valence-electron chi connectivity index (χ4n) is 2.05. The van der Waals surface area contributed by atoms with Gasteiger partial charge >= 0.3 is 0 Å². The van der Waals surface area contributed by atoms with E-state index in [-0.39, 0.29) is 4.90 Å². The van der Waals surface area contributed by atoms with Gasteiger partial charge in [0.15, 0.2) is 0 Å². The summed E-state index contributed by atoms with van der Waals surface area (Å²) in [6.45, 7) is 0.516. The second-order valence-corrected chi connectivity index (χ2v) is 8.01. The first-order chi connectivity index (χ1) is 8.39. The molecule has 1 fully saturated rings. The van der Waals surface area contributed by atoms with Gasteiger partial charge < -0.3 is 0 Å². The summed E-state index contributed by atoms with van der Waals surface area (Å²) in [5, 5.41) is 0. The molecule has 0 aliphatic heterocycles. The van der Waals surface area contributed by atoms with Gasteiger partial charge in [-0.05, 0) is 43.0 Å². The summed E-state index contributed by atoms with van der Waals surface area (Å²) in [6.07, 6.45) is 2.01. The van der Waals surface area contributed by atoms with E-state index in [1.807, 2.05) is 0 Å². The van der Waals surface area contributed by atoms with Gasteiger partial charge in [0.2, 0.25) is 10.0 Å². The Morgan fingerprint density at radius 2 is 1.89 bits per heavy atom. The SMILES string of the molecule is CN(CC1CC(Br)C1)S(=O)(=O)c1ccc(F)cc1. The standard InChI is InChI=1S/C12H15BrFNO2S/c1-15(8-9-6-10(13)7-9)18(16,17)12-4-2-11(14)3-5-12/h2-5,9-10H,6-8H2,1H3. The van der Waals surface area contributed by atoms with Crippen molar-refractivity contribution in [2.75, 3.05) is 13.6 Å². The predicted octanol–water partition coefficient (Wildman–Crippen LogP) is 2.62. The molecule has 0 N–H and O–H groups in total.